The second-order valence-corrected chi connectivity index (χ2v) is 6.36. The van der Waals surface area contributed by atoms with Crippen molar-refractivity contribution in [1.29, 1.82) is 0 Å². The van der Waals surface area contributed by atoms with E-state index in [2.05, 4.69) is 15.9 Å². The van der Waals surface area contributed by atoms with Crippen LogP contribution in [0.2, 0.25) is 0 Å². The van der Waals surface area contributed by atoms with Gasteiger partial charge in [0.05, 0.1) is 22.0 Å². The zero-order valence-corrected chi connectivity index (χ0v) is 11.3. The SMILES string of the molecule is CN(C(=O)C1(CN)COC1)c1ccc(Br)s1. The molecule has 0 atom stereocenters. The van der Waals surface area contributed by atoms with Crippen molar-refractivity contribution in [2.75, 3.05) is 31.7 Å². The van der Waals surface area contributed by atoms with Gasteiger partial charge in [0.25, 0.3) is 0 Å². The minimum atomic E-state index is -0.509. The van der Waals surface area contributed by atoms with Gasteiger partial charge >= 0.3 is 0 Å². The number of nitrogens with two attached hydrogens (primary N) is 1. The molecule has 2 heterocycles. The number of hydrogen-bond acceptors (Lipinski definition) is 4. The maximum absolute atomic E-state index is 12.2. The first kappa shape index (κ1) is 12.0. The minimum absolute atomic E-state index is 0.0376. The highest BCUT2D eigenvalue weighted by Crippen LogP contribution is 2.34. The molecule has 16 heavy (non-hydrogen) atoms. The molecule has 0 saturated carbocycles. The van der Waals surface area contributed by atoms with Crippen LogP contribution in [-0.2, 0) is 9.53 Å². The molecule has 1 fully saturated rings. The van der Waals surface area contributed by atoms with Crippen molar-refractivity contribution in [3.63, 3.8) is 0 Å². The van der Waals surface area contributed by atoms with Crippen molar-refractivity contribution >= 4 is 38.2 Å². The topological polar surface area (TPSA) is 55.6 Å². The first-order valence-corrected chi connectivity index (χ1v) is 6.51. The number of nitrogens with zero attached hydrogens (tertiary/aromatic N) is 1. The van der Waals surface area contributed by atoms with Crippen LogP contribution >= 0.6 is 27.3 Å². The van der Waals surface area contributed by atoms with Gasteiger partial charge in [-0.15, -0.1) is 11.3 Å². The number of anilines is 1. The summed E-state index contributed by atoms with van der Waals surface area (Å²) >= 11 is 4.90. The lowest BCUT2D eigenvalue weighted by Crippen LogP contribution is -2.58. The quantitative estimate of drug-likeness (QED) is 0.919. The van der Waals surface area contributed by atoms with Gasteiger partial charge in [-0.1, -0.05) is 0 Å². The normalized spacial score (nSPS) is 17.9. The monoisotopic (exact) mass is 304 g/mol. The molecule has 0 aliphatic carbocycles. The lowest BCUT2D eigenvalue weighted by Gasteiger charge is -2.40. The molecule has 1 aliphatic rings. The second-order valence-electron chi connectivity index (χ2n) is 3.92. The van der Waals surface area contributed by atoms with E-state index < -0.39 is 5.41 Å². The molecule has 1 aliphatic heterocycles. The van der Waals surface area contributed by atoms with Crippen LogP contribution in [-0.4, -0.2) is 32.7 Å². The van der Waals surface area contributed by atoms with Crippen molar-refractivity contribution in [1.82, 2.24) is 0 Å². The summed E-state index contributed by atoms with van der Waals surface area (Å²) in [6, 6.07) is 3.84. The van der Waals surface area contributed by atoms with Gasteiger partial charge in [0.1, 0.15) is 5.41 Å². The van der Waals surface area contributed by atoms with Crippen LogP contribution in [0.25, 0.3) is 0 Å². The molecule has 88 valence electrons. The molecule has 4 nitrogen and oxygen atoms in total. The summed E-state index contributed by atoms with van der Waals surface area (Å²) in [4.78, 5) is 13.9. The van der Waals surface area contributed by atoms with Crippen molar-refractivity contribution in [3.05, 3.63) is 15.9 Å². The van der Waals surface area contributed by atoms with Gasteiger partial charge in [0.15, 0.2) is 0 Å². The van der Waals surface area contributed by atoms with Crippen molar-refractivity contribution in [2.45, 2.75) is 0 Å². The highest BCUT2D eigenvalue weighted by Gasteiger charge is 2.46. The Kier molecular flexibility index (Phi) is 3.34. The second kappa shape index (κ2) is 4.44. The summed E-state index contributed by atoms with van der Waals surface area (Å²) in [6.45, 7) is 1.20. The summed E-state index contributed by atoms with van der Waals surface area (Å²) in [6.07, 6.45) is 0. The molecule has 1 amide bonds. The number of amides is 1. The third kappa shape index (κ3) is 1.90. The third-order valence-corrected chi connectivity index (χ3v) is 4.50. The first-order valence-electron chi connectivity index (χ1n) is 4.90. The highest BCUT2D eigenvalue weighted by molar-refractivity contribution is 9.11. The minimum Gasteiger partial charge on any atom is -0.379 e. The van der Waals surface area contributed by atoms with E-state index in [1.54, 1.807) is 11.9 Å². The van der Waals surface area contributed by atoms with E-state index in [4.69, 9.17) is 10.5 Å². The van der Waals surface area contributed by atoms with E-state index in [-0.39, 0.29) is 5.91 Å². The summed E-state index contributed by atoms with van der Waals surface area (Å²) in [5.41, 5.74) is 5.15. The maximum Gasteiger partial charge on any atom is 0.239 e. The fourth-order valence-corrected chi connectivity index (χ4v) is 2.94. The number of carbonyl (C=O) groups excluding carboxylic acids is 1. The van der Waals surface area contributed by atoms with E-state index in [1.807, 2.05) is 12.1 Å². The number of ether oxygens (including phenoxy) is 1. The summed E-state index contributed by atoms with van der Waals surface area (Å²) < 4.78 is 6.12. The number of hydrogen-bond donors (Lipinski definition) is 1. The van der Waals surface area contributed by atoms with Gasteiger partial charge in [-0.05, 0) is 28.1 Å². The predicted octanol–water partition coefficient (Wildman–Crippen LogP) is 1.45. The van der Waals surface area contributed by atoms with Gasteiger partial charge in [0.2, 0.25) is 5.91 Å². The Hall–Kier alpha value is -0.430. The van der Waals surface area contributed by atoms with E-state index in [0.717, 1.165) is 8.79 Å². The van der Waals surface area contributed by atoms with Gasteiger partial charge in [-0.25, -0.2) is 0 Å². The fraction of sp³-hybridized carbons (Fsp3) is 0.500. The molecule has 6 heteroatoms. The van der Waals surface area contributed by atoms with Crippen LogP contribution in [0, 0.1) is 5.41 Å². The average Bonchev–Trinajstić information content (AvgIpc) is 2.63. The molecule has 2 rings (SSSR count). The summed E-state index contributed by atoms with van der Waals surface area (Å²) in [7, 11) is 1.77. The van der Waals surface area contributed by atoms with Crippen LogP contribution in [0.4, 0.5) is 5.00 Å². The molecule has 0 unspecified atom stereocenters. The lowest BCUT2D eigenvalue weighted by atomic mass is 9.84. The van der Waals surface area contributed by atoms with Gasteiger partial charge in [0, 0.05) is 13.6 Å². The van der Waals surface area contributed by atoms with E-state index >= 15 is 0 Å². The van der Waals surface area contributed by atoms with Crippen LogP contribution in [0.15, 0.2) is 15.9 Å². The fourth-order valence-electron chi connectivity index (χ4n) is 1.62. The molecule has 0 radical (unpaired) electrons. The largest absolute Gasteiger partial charge is 0.379 e. The molecule has 1 saturated heterocycles. The average molecular weight is 305 g/mol. The Bertz CT molecular complexity index is 398. The maximum atomic E-state index is 12.2. The Balaban J connectivity index is 2.15. The van der Waals surface area contributed by atoms with Crippen molar-refractivity contribution in [2.24, 2.45) is 11.1 Å². The number of carbonyl (C=O) groups is 1. The smallest absolute Gasteiger partial charge is 0.239 e. The molecule has 0 bridgehead atoms. The molecule has 0 aromatic carbocycles. The molecule has 0 spiro atoms. The molecule has 1 aromatic heterocycles. The van der Waals surface area contributed by atoms with Gasteiger partial charge in [-0.2, -0.15) is 0 Å². The molecular weight excluding hydrogens is 292 g/mol. The third-order valence-electron chi connectivity index (χ3n) is 2.80. The highest BCUT2D eigenvalue weighted by atomic mass is 79.9. The Labute approximate surface area is 106 Å². The van der Waals surface area contributed by atoms with Crippen LogP contribution in [0.3, 0.4) is 0 Å². The molecule has 2 N–H and O–H groups in total. The van der Waals surface area contributed by atoms with Crippen molar-refractivity contribution in [3.8, 4) is 0 Å². The number of rotatable bonds is 3. The predicted molar refractivity (Wildman–Crippen MR) is 67.7 cm³/mol. The summed E-state index contributed by atoms with van der Waals surface area (Å²) in [5.74, 6) is 0.0376. The lowest BCUT2D eigenvalue weighted by molar-refractivity contribution is -0.156. The Morgan fingerprint density at radius 1 is 1.69 bits per heavy atom. The zero-order chi connectivity index (χ0) is 11.8. The first-order chi connectivity index (χ1) is 7.59. The number of halogens is 1. The Morgan fingerprint density at radius 3 is 2.75 bits per heavy atom. The van der Waals surface area contributed by atoms with Gasteiger partial charge in [-0.3, -0.25) is 4.79 Å². The molecular formula is C10H13BrN2O2S. The van der Waals surface area contributed by atoms with Crippen LogP contribution < -0.4 is 10.6 Å². The summed E-state index contributed by atoms with van der Waals surface area (Å²) in [5, 5.41) is 0.914. The standard InChI is InChI=1S/C10H13BrN2O2S/c1-13(8-3-2-7(11)16-8)9(14)10(4-12)5-15-6-10/h2-3H,4-6,12H2,1H3. The number of thiophene rings is 1. The van der Waals surface area contributed by atoms with E-state index in [9.17, 15) is 4.79 Å². The van der Waals surface area contributed by atoms with Gasteiger partial charge < -0.3 is 15.4 Å². The Morgan fingerprint density at radius 2 is 2.38 bits per heavy atom. The zero-order valence-electron chi connectivity index (χ0n) is 8.90. The van der Waals surface area contributed by atoms with Crippen molar-refractivity contribution < 1.29 is 9.53 Å². The van der Waals surface area contributed by atoms with E-state index in [0.29, 0.717) is 19.8 Å². The van der Waals surface area contributed by atoms with E-state index in [1.165, 1.54) is 11.3 Å². The molecule has 1 aromatic rings. The van der Waals surface area contributed by atoms with Crippen LogP contribution in [0.5, 0.6) is 0 Å². The van der Waals surface area contributed by atoms with Crippen LogP contribution in [0.1, 0.15) is 0 Å².